The maximum Gasteiger partial charge on any atom is 0.407 e. The molecule has 1 aliphatic carbocycles. The van der Waals surface area contributed by atoms with Crippen LogP contribution in [0.3, 0.4) is 0 Å². The van der Waals surface area contributed by atoms with Crippen molar-refractivity contribution in [3.63, 3.8) is 0 Å². The van der Waals surface area contributed by atoms with Crippen molar-refractivity contribution in [1.29, 1.82) is 0 Å². The molecule has 3 amide bonds. The lowest BCUT2D eigenvalue weighted by Crippen LogP contribution is -2.59. The molecule has 0 aliphatic heterocycles. The minimum Gasteiger partial charge on any atom is -0.444 e. The third-order valence-electron chi connectivity index (χ3n) is 3.92. The summed E-state index contributed by atoms with van der Waals surface area (Å²) in [5, 5.41) is 5.47. The molecule has 2 N–H and O–H groups in total. The first kappa shape index (κ1) is 20.3. The molecule has 0 aromatic rings. The van der Waals surface area contributed by atoms with E-state index in [2.05, 4.69) is 10.6 Å². The Bertz CT molecular complexity index is 463. The highest BCUT2D eigenvalue weighted by atomic mass is 16.6. The largest absolute Gasteiger partial charge is 0.444 e. The number of alkyl carbamates (subject to hydrolysis) is 1. The van der Waals surface area contributed by atoms with Crippen LogP contribution in [0.1, 0.15) is 59.3 Å². The van der Waals surface area contributed by atoms with Gasteiger partial charge in [0.15, 0.2) is 0 Å². The van der Waals surface area contributed by atoms with Gasteiger partial charge in [-0.1, -0.05) is 19.3 Å². The van der Waals surface area contributed by atoms with Crippen LogP contribution in [0, 0.1) is 0 Å². The second-order valence-electron chi connectivity index (χ2n) is 7.57. The molecule has 0 radical (unpaired) electrons. The molecule has 7 nitrogen and oxygen atoms in total. The lowest BCUT2D eigenvalue weighted by Gasteiger charge is -2.38. The first-order valence-electron chi connectivity index (χ1n) is 8.55. The number of nitrogens with one attached hydrogen (secondary N) is 2. The maximum absolute atomic E-state index is 12.5. The Balaban J connectivity index is 2.51. The van der Waals surface area contributed by atoms with E-state index in [0.29, 0.717) is 12.8 Å². The summed E-state index contributed by atoms with van der Waals surface area (Å²) in [5.74, 6) is -0.293. The molecule has 0 aromatic heterocycles. The van der Waals surface area contributed by atoms with Gasteiger partial charge in [-0.3, -0.25) is 9.59 Å². The Morgan fingerprint density at radius 1 is 1.08 bits per heavy atom. The van der Waals surface area contributed by atoms with Gasteiger partial charge in [-0.25, -0.2) is 4.79 Å². The van der Waals surface area contributed by atoms with Crippen LogP contribution in [0.15, 0.2) is 0 Å². The van der Waals surface area contributed by atoms with Crippen molar-refractivity contribution in [3.05, 3.63) is 0 Å². The zero-order valence-electron chi connectivity index (χ0n) is 15.5. The molecule has 1 fully saturated rings. The highest BCUT2D eigenvalue weighted by molar-refractivity contribution is 5.91. The van der Waals surface area contributed by atoms with E-state index in [0.717, 1.165) is 19.3 Å². The summed E-state index contributed by atoms with van der Waals surface area (Å²) >= 11 is 0. The van der Waals surface area contributed by atoms with Crippen LogP contribution in [-0.4, -0.2) is 54.6 Å². The van der Waals surface area contributed by atoms with Crippen molar-refractivity contribution >= 4 is 17.9 Å². The first-order chi connectivity index (χ1) is 11.1. The van der Waals surface area contributed by atoms with Gasteiger partial charge in [0.2, 0.25) is 11.8 Å². The predicted molar refractivity (Wildman–Crippen MR) is 91.5 cm³/mol. The zero-order chi connectivity index (χ0) is 18.4. The Morgan fingerprint density at radius 3 is 2.17 bits per heavy atom. The van der Waals surface area contributed by atoms with Crippen LogP contribution < -0.4 is 10.6 Å². The molecule has 0 heterocycles. The molecule has 138 valence electrons. The highest BCUT2D eigenvalue weighted by Crippen LogP contribution is 2.29. The van der Waals surface area contributed by atoms with E-state index in [9.17, 15) is 14.4 Å². The Labute approximate surface area is 144 Å². The second-order valence-corrected chi connectivity index (χ2v) is 7.57. The van der Waals surface area contributed by atoms with Crippen LogP contribution in [0.2, 0.25) is 0 Å². The number of ether oxygens (including phenoxy) is 1. The highest BCUT2D eigenvalue weighted by Gasteiger charge is 2.41. The summed E-state index contributed by atoms with van der Waals surface area (Å²) < 4.78 is 5.12. The smallest absolute Gasteiger partial charge is 0.407 e. The summed E-state index contributed by atoms with van der Waals surface area (Å²) in [6.07, 6.45) is 3.82. The fourth-order valence-electron chi connectivity index (χ4n) is 2.90. The van der Waals surface area contributed by atoms with Crippen molar-refractivity contribution in [3.8, 4) is 0 Å². The van der Waals surface area contributed by atoms with Gasteiger partial charge >= 0.3 is 6.09 Å². The first-order valence-corrected chi connectivity index (χ1v) is 8.55. The van der Waals surface area contributed by atoms with Crippen molar-refractivity contribution in [2.45, 2.75) is 70.4 Å². The summed E-state index contributed by atoms with van der Waals surface area (Å²) in [6, 6.07) is 0. The van der Waals surface area contributed by atoms with E-state index in [1.165, 1.54) is 4.90 Å². The normalized spacial score (nSPS) is 16.9. The molecule has 0 unspecified atom stereocenters. The van der Waals surface area contributed by atoms with Gasteiger partial charge in [0, 0.05) is 27.1 Å². The number of nitrogens with zero attached hydrogens (tertiary/aromatic N) is 1. The molecule has 1 aliphatic rings. The van der Waals surface area contributed by atoms with Crippen molar-refractivity contribution in [2.24, 2.45) is 0 Å². The molecule has 0 aromatic carbocycles. The van der Waals surface area contributed by atoms with Gasteiger partial charge in [0.05, 0.1) is 0 Å². The average Bonchev–Trinajstić information content (AvgIpc) is 2.45. The fourth-order valence-corrected chi connectivity index (χ4v) is 2.90. The van der Waals surface area contributed by atoms with Crippen LogP contribution in [0.4, 0.5) is 4.79 Å². The van der Waals surface area contributed by atoms with E-state index < -0.39 is 17.2 Å². The number of carbonyl (C=O) groups excluding carboxylic acids is 3. The zero-order valence-corrected chi connectivity index (χ0v) is 15.5. The van der Waals surface area contributed by atoms with E-state index in [1.807, 2.05) is 0 Å². The molecule has 0 saturated heterocycles. The van der Waals surface area contributed by atoms with Gasteiger partial charge in [0.25, 0.3) is 0 Å². The molecule has 7 heteroatoms. The summed E-state index contributed by atoms with van der Waals surface area (Å²) in [5.41, 5.74) is -1.37. The molecular formula is C17H31N3O4. The number of hydrogen-bond acceptors (Lipinski definition) is 4. The SMILES string of the molecule is CN(C)C(=O)C1(NC(=O)CCNC(=O)OC(C)(C)C)CCCCC1. The summed E-state index contributed by atoms with van der Waals surface area (Å²) in [4.78, 5) is 37.8. The van der Waals surface area contributed by atoms with Crippen molar-refractivity contribution in [2.75, 3.05) is 20.6 Å². The van der Waals surface area contributed by atoms with Crippen LogP contribution in [0.25, 0.3) is 0 Å². The Kier molecular flexibility index (Phi) is 7.05. The predicted octanol–water partition coefficient (Wildman–Crippen LogP) is 1.81. The number of rotatable bonds is 5. The summed E-state index contributed by atoms with van der Waals surface area (Å²) in [6.45, 7) is 5.50. The van der Waals surface area contributed by atoms with Gasteiger partial charge in [-0.05, 0) is 33.6 Å². The van der Waals surface area contributed by atoms with Crippen LogP contribution >= 0.6 is 0 Å². The maximum atomic E-state index is 12.5. The topological polar surface area (TPSA) is 87.7 Å². The molecule has 0 spiro atoms. The monoisotopic (exact) mass is 341 g/mol. The Hall–Kier alpha value is -1.79. The molecule has 1 rings (SSSR count). The van der Waals surface area contributed by atoms with Gasteiger partial charge in [0.1, 0.15) is 11.1 Å². The molecule has 24 heavy (non-hydrogen) atoms. The second kappa shape index (κ2) is 8.35. The standard InChI is InChI=1S/C17H31N3O4/c1-16(2,3)24-15(23)18-12-9-13(21)19-17(14(22)20(4)5)10-7-6-8-11-17/h6-12H2,1-5H3,(H,18,23)(H,19,21). The van der Waals surface area contributed by atoms with E-state index in [-0.39, 0.29) is 24.8 Å². The average molecular weight is 341 g/mol. The Morgan fingerprint density at radius 2 is 1.67 bits per heavy atom. The van der Waals surface area contributed by atoms with Gasteiger partial charge in [-0.2, -0.15) is 0 Å². The van der Waals surface area contributed by atoms with E-state index >= 15 is 0 Å². The lowest BCUT2D eigenvalue weighted by molar-refractivity contribution is -0.141. The van der Waals surface area contributed by atoms with E-state index in [1.54, 1.807) is 34.9 Å². The minimum absolute atomic E-state index is 0.0596. The minimum atomic E-state index is -0.801. The van der Waals surface area contributed by atoms with E-state index in [4.69, 9.17) is 4.74 Å². The third kappa shape index (κ3) is 6.37. The quantitative estimate of drug-likeness (QED) is 0.798. The molecule has 1 saturated carbocycles. The lowest BCUT2D eigenvalue weighted by atomic mass is 9.80. The number of likely N-dealkylation sites (N-methyl/N-ethyl adjacent to an activating group) is 1. The molecular weight excluding hydrogens is 310 g/mol. The fraction of sp³-hybridized carbons (Fsp3) is 0.824. The van der Waals surface area contributed by atoms with Crippen molar-refractivity contribution in [1.82, 2.24) is 15.5 Å². The van der Waals surface area contributed by atoms with Crippen LogP contribution in [0.5, 0.6) is 0 Å². The number of carbonyl (C=O) groups is 3. The van der Waals surface area contributed by atoms with Crippen LogP contribution in [-0.2, 0) is 14.3 Å². The third-order valence-corrected chi connectivity index (χ3v) is 3.92. The van der Waals surface area contributed by atoms with Gasteiger partial charge in [-0.15, -0.1) is 0 Å². The number of hydrogen-bond donors (Lipinski definition) is 2. The number of amides is 3. The summed E-state index contributed by atoms with van der Waals surface area (Å²) in [7, 11) is 3.41. The molecule has 0 atom stereocenters. The molecule has 0 bridgehead atoms. The van der Waals surface area contributed by atoms with Crippen molar-refractivity contribution < 1.29 is 19.1 Å². The van der Waals surface area contributed by atoms with Gasteiger partial charge < -0.3 is 20.3 Å².